The molecule has 0 amide bonds. The van der Waals surface area contributed by atoms with E-state index in [1.807, 2.05) is 19.9 Å². The molecule has 202 valence electrons. The Morgan fingerprint density at radius 2 is 1.76 bits per heavy atom. The van der Waals surface area contributed by atoms with Gasteiger partial charge in [-0.3, -0.25) is 4.99 Å². The van der Waals surface area contributed by atoms with Gasteiger partial charge in [0.1, 0.15) is 23.4 Å². The summed E-state index contributed by atoms with van der Waals surface area (Å²) in [7, 11) is 3.56. The number of nitrogens with two attached hydrogens (primary N) is 1. The average Bonchev–Trinajstić information content (AvgIpc) is 3.32. The van der Waals surface area contributed by atoms with Gasteiger partial charge in [0.25, 0.3) is 0 Å². The minimum Gasteiger partial charge on any atom is -0.459 e. The highest BCUT2D eigenvalue weighted by Crippen LogP contribution is 2.32. The van der Waals surface area contributed by atoms with E-state index >= 15 is 0 Å². The van der Waals surface area contributed by atoms with Crippen molar-refractivity contribution >= 4 is 30.1 Å². The Bertz CT molecular complexity index is 1080. The van der Waals surface area contributed by atoms with Crippen LogP contribution in [0.4, 0.5) is 20.2 Å². The SMILES string of the molecule is C=N/C=C(/C)C(=Nc1cc(F)c(N2CCCCC2)c(F)c1)c1cc2c(o1)CCN(C)C2.CCC=O.CN. The first kappa shape index (κ1) is 30.1. The predicted octanol–water partition coefficient (Wildman–Crippen LogP) is 5.43. The Balaban J connectivity index is 0.000000733. The normalized spacial score (nSPS) is 16.1. The highest BCUT2D eigenvalue weighted by molar-refractivity contribution is 6.11. The predicted molar refractivity (Wildman–Crippen MR) is 147 cm³/mol. The zero-order valence-electron chi connectivity index (χ0n) is 22.4. The third-order valence-electron chi connectivity index (χ3n) is 6.03. The number of halogens is 2. The van der Waals surface area contributed by atoms with Crippen LogP contribution in [0.1, 0.15) is 56.6 Å². The van der Waals surface area contributed by atoms with Gasteiger partial charge in [-0.2, -0.15) is 0 Å². The van der Waals surface area contributed by atoms with E-state index in [4.69, 9.17) is 4.42 Å². The second kappa shape index (κ2) is 15.2. The molecule has 3 heterocycles. The van der Waals surface area contributed by atoms with Crippen LogP contribution in [0.5, 0.6) is 0 Å². The summed E-state index contributed by atoms with van der Waals surface area (Å²) in [5, 5.41) is 0. The molecule has 1 fully saturated rings. The zero-order valence-corrected chi connectivity index (χ0v) is 22.4. The van der Waals surface area contributed by atoms with Crippen molar-refractivity contribution in [3.63, 3.8) is 0 Å². The van der Waals surface area contributed by atoms with E-state index in [0.29, 0.717) is 36.6 Å². The molecule has 1 aromatic carbocycles. The van der Waals surface area contributed by atoms with Crippen LogP contribution in [0.3, 0.4) is 0 Å². The molecule has 2 aliphatic heterocycles. The molecule has 1 saturated heterocycles. The monoisotopic (exact) mass is 515 g/mol. The van der Waals surface area contributed by atoms with Gasteiger partial charge < -0.3 is 24.7 Å². The average molecular weight is 516 g/mol. The molecule has 0 radical (unpaired) electrons. The third-order valence-corrected chi connectivity index (χ3v) is 6.03. The number of piperidine rings is 1. The van der Waals surface area contributed by atoms with Gasteiger partial charge in [0.2, 0.25) is 0 Å². The Hall–Kier alpha value is -3.17. The lowest BCUT2D eigenvalue weighted by Crippen LogP contribution is -2.31. The lowest BCUT2D eigenvalue weighted by Gasteiger charge is -2.29. The van der Waals surface area contributed by atoms with Crippen LogP contribution in [0.15, 0.2) is 44.4 Å². The van der Waals surface area contributed by atoms with Crippen molar-refractivity contribution in [2.45, 2.75) is 52.5 Å². The summed E-state index contributed by atoms with van der Waals surface area (Å²) in [5.41, 5.74) is 7.05. The summed E-state index contributed by atoms with van der Waals surface area (Å²) < 4.78 is 35.9. The molecule has 2 N–H and O–H groups in total. The number of aliphatic imine (C=N–C) groups is 2. The van der Waals surface area contributed by atoms with Crippen molar-refractivity contribution < 1.29 is 18.0 Å². The maximum atomic E-state index is 14.9. The maximum absolute atomic E-state index is 14.9. The Kier molecular flexibility index (Phi) is 12.3. The number of allylic oxidation sites excluding steroid dienone is 1. The lowest BCUT2D eigenvalue weighted by atomic mass is 10.1. The number of fused-ring (bicyclic) bond motifs is 1. The van der Waals surface area contributed by atoms with Gasteiger partial charge in [-0.1, -0.05) is 6.92 Å². The molecule has 2 aromatic rings. The molecule has 0 spiro atoms. The summed E-state index contributed by atoms with van der Waals surface area (Å²) in [6.45, 7) is 10.2. The van der Waals surface area contributed by atoms with Gasteiger partial charge in [0.15, 0.2) is 17.4 Å². The van der Waals surface area contributed by atoms with Crippen molar-refractivity contribution in [1.82, 2.24) is 4.90 Å². The minimum atomic E-state index is -0.594. The highest BCUT2D eigenvalue weighted by Gasteiger charge is 2.23. The van der Waals surface area contributed by atoms with Gasteiger partial charge in [-0.15, -0.1) is 0 Å². The van der Waals surface area contributed by atoms with Gasteiger partial charge in [-0.25, -0.2) is 13.8 Å². The van der Waals surface area contributed by atoms with Crippen molar-refractivity contribution in [2.75, 3.05) is 38.6 Å². The number of carbonyl (C=O) groups is 1. The second-order valence-corrected chi connectivity index (χ2v) is 8.88. The number of benzene rings is 1. The summed E-state index contributed by atoms with van der Waals surface area (Å²) in [6, 6.07) is 4.54. The fourth-order valence-corrected chi connectivity index (χ4v) is 4.29. The molecule has 0 aliphatic carbocycles. The topological polar surface area (TPSA) is 87.4 Å². The fraction of sp³-hybridized carbons (Fsp3) is 0.464. The van der Waals surface area contributed by atoms with Crippen LogP contribution in [0.2, 0.25) is 0 Å². The molecular weight excluding hydrogens is 476 g/mol. The Morgan fingerprint density at radius 1 is 1.14 bits per heavy atom. The first-order valence-corrected chi connectivity index (χ1v) is 12.6. The van der Waals surface area contributed by atoms with Crippen LogP contribution in [0, 0.1) is 11.6 Å². The minimum absolute atomic E-state index is 0.0386. The van der Waals surface area contributed by atoms with E-state index in [2.05, 4.69) is 34.4 Å². The summed E-state index contributed by atoms with van der Waals surface area (Å²) in [6.07, 6.45) is 6.88. The van der Waals surface area contributed by atoms with E-state index in [9.17, 15) is 13.6 Å². The molecule has 2 aliphatic rings. The maximum Gasteiger partial charge on any atom is 0.153 e. The molecule has 0 unspecified atom stereocenters. The second-order valence-electron chi connectivity index (χ2n) is 8.88. The van der Waals surface area contributed by atoms with Gasteiger partial charge in [-0.05, 0) is 58.6 Å². The van der Waals surface area contributed by atoms with Crippen molar-refractivity contribution in [3.05, 3.63) is 58.7 Å². The molecule has 0 atom stereocenters. The number of carbonyl (C=O) groups excluding carboxylic acids is 1. The van der Waals surface area contributed by atoms with E-state index in [0.717, 1.165) is 56.4 Å². The Labute approximate surface area is 218 Å². The van der Waals surface area contributed by atoms with E-state index in [-0.39, 0.29) is 11.4 Å². The van der Waals surface area contributed by atoms with Crippen LogP contribution in [-0.4, -0.2) is 57.3 Å². The molecule has 7 nitrogen and oxygen atoms in total. The Morgan fingerprint density at radius 3 is 2.32 bits per heavy atom. The smallest absolute Gasteiger partial charge is 0.153 e. The summed E-state index contributed by atoms with van der Waals surface area (Å²) in [5.74, 6) is 0.310. The van der Waals surface area contributed by atoms with E-state index in [1.54, 1.807) is 11.1 Å². The molecule has 37 heavy (non-hydrogen) atoms. The standard InChI is InChI=1S/C24H28F2N4O.C3H6O.CH5N/c1-16(14-27-2)23(22-11-17-15-29(3)10-7-21(17)31-22)28-18-12-19(25)24(20(26)13-18)30-8-5-4-6-9-30;1-2-3-4;1-2/h11-14H,2,4-10,15H2,1,3H3;3H,2H2,1H3;2H2,1H3/b16-14-,28-23?;;. The largest absolute Gasteiger partial charge is 0.459 e. The number of hydrogen-bond donors (Lipinski definition) is 1. The number of aldehydes is 1. The van der Waals surface area contributed by atoms with Crippen LogP contribution < -0.4 is 10.6 Å². The number of furan rings is 1. The zero-order chi connectivity index (χ0) is 27.4. The fourth-order valence-electron chi connectivity index (χ4n) is 4.29. The van der Waals surface area contributed by atoms with Gasteiger partial charge in [0, 0.05) is 62.9 Å². The van der Waals surface area contributed by atoms with Crippen molar-refractivity contribution in [3.8, 4) is 0 Å². The van der Waals surface area contributed by atoms with Gasteiger partial charge in [0.05, 0.1) is 5.69 Å². The van der Waals surface area contributed by atoms with Gasteiger partial charge >= 0.3 is 0 Å². The van der Waals surface area contributed by atoms with Crippen molar-refractivity contribution in [1.29, 1.82) is 0 Å². The molecule has 4 rings (SSSR count). The first-order valence-electron chi connectivity index (χ1n) is 12.6. The van der Waals surface area contributed by atoms with Crippen LogP contribution in [-0.2, 0) is 17.8 Å². The quantitative estimate of drug-likeness (QED) is 0.409. The molecular formula is C28H39F2N5O2. The first-order chi connectivity index (χ1) is 17.9. The molecule has 0 saturated carbocycles. The molecule has 0 bridgehead atoms. The van der Waals surface area contributed by atoms with Crippen LogP contribution >= 0.6 is 0 Å². The van der Waals surface area contributed by atoms with Crippen LogP contribution in [0.25, 0.3) is 0 Å². The van der Waals surface area contributed by atoms with E-state index in [1.165, 1.54) is 19.2 Å². The number of rotatable bonds is 6. The lowest BCUT2D eigenvalue weighted by molar-refractivity contribution is -0.107. The van der Waals surface area contributed by atoms with E-state index < -0.39 is 11.6 Å². The summed E-state index contributed by atoms with van der Waals surface area (Å²) >= 11 is 0. The number of anilines is 1. The number of nitrogens with zero attached hydrogens (tertiary/aromatic N) is 4. The molecule has 9 heteroatoms. The third kappa shape index (κ3) is 8.16. The number of likely N-dealkylation sites (N-methyl/N-ethyl adjacent to an activating group) is 1. The summed E-state index contributed by atoms with van der Waals surface area (Å²) in [4.78, 5) is 21.6. The molecule has 1 aromatic heterocycles. The highest BCUT2D eigenvalue weighted by atomic mass is 19.1. The van der Waals surface area contributed by atoms with Crippen molar-refractivity contribution in [2.24, 2.45) is 15.7 Å². The number of hydrogen-bond acceptors (Lipinski definition) is 7.